The van der Waals surface area contributed by atoms with Gasteiger partial charge in [0.1, 0.15) is 10.6 Å². The van der Waals surface area contributed by atoms with E-state index in [4.69, 9.17) is 4.74 Å². The van der Waals surface area contributed by atoms with Crippen LogP contribution in [0.2, 0.25) is 0 Å². The first-order valence-corrected chi connectivity index (χ1v) is 11.7. The summed E-state index contributed by atoms with van der Waals surface area (Å²) in [6.45, 7) is 1.05. The number of alkyl halides is 3. The van der Waals surface area contributed by atoms with Crippen molar-refractivity contribution >= 4 is 15.7 Å². The number of amides is 1. The normalized spacial score (nSPS) is 24.9. The summed E-state index contributed by atoms with van der Waals surface area (Å²) in [5, 5.41) is 2.72. The average molecular weight is 489 g/mol. The number of carbonyl (C=O) groups is 1. The van der Waals surface area contributed by atoms with Crippen LogP contribution in [0.3, 0.4) is 0 Å². The number of halogens is 5. The van der Waals surface area contributed by atoms with Crippen LogP contribution in [0.5, 0.6) is 5.75 Å². The number of fused-ring (bicyclic) bond motifs is 3. The molecule has 11 heteroatoms. The van der Waals surface area contributed by atoms with E-state index in [1.807, 2.05) is 0 Å². The van der Waals surface area contributed by atoms with Gasteiger partial charge in [0.05, 0.1) is 22.6 Å². The maximum atomic E-state index is 15.1. The van der Waals surface area contributed by atoms with Gasteiger partial charge in [0.15, 0.2) is 21.4 Å². The summed E-state index contributed by atoms with van der Waals surface area (Å²) in [5.41, 5.74) is -1.49. The average Bonchev–Trinajstić information content (AvgIpc) is 2.74. The second-order valence-electron chi connectivity index (χ2n) is 8.33. The van der Waals surface area contributed by atoms with Crippen LogP contribution in [0, 0.1) is 17.6 Å². The lowest BCUT2D eigenvalue weighted by atomic mass is 9.71. The molecule has 4 rings (SSSR count). The summed E-state index contributed by atoms with van der Waals surface area (Å²) in [6, 6.07) is 4.17. The fourth-order valence-corrected chi connectivity index (χ4v) is 7.33. The molecule has 2 aromatic carbocycles. The van der Waals surface area contributed by atoms with Crippen molar-refractivity contribution in [2.45, 2.75) is 48.0 Å². The predicted molar refractivity (Wildman–Crippen MR) is 107 cm³/mol. The Bertz CT molecular complexity index is 1200. The molecule has 0 spiro atoms. The fraction of sp³-hybridized carbons (Fsp3) is 0.409. The van der Waals surface area contributed by atoms with Crippen LogP contribution < -0.4 is 10.1 Å². The van der Waals surface area contributed by atoms with E-state index in [1.54, 1.807) is 0 Å². The van der Waals surface area contributed by atoms with E-state index in [9.17, 15) is 30.8 Å². The Labute approximate surface area is 186 Å². The Morgan fingerprint density at radius 3 is 2.33 bits per heavy atom. The molecule has 33 heavy (non-hydrogen) atoms. The second kappa shape index (κ2) is 7.96. The van der Waals surface area contributed by atoms with Crippen molar-refractivity contribution in [1.29, 1.82) is 0 Å². The molecule has 0 saturated heterocycles. The van der Waals surface area contributed by atoms with Crippen LogP contribution in [0.25, 0.3) is 0 Å². The molecular weight excluding hydrogens is 469 g/mol. The standard InChI is InChI=1S/C22H20F5NO4S/c1-12(29)28-15-8-9-21(33(30,31)16-4-2-13(3-5-16)22(25,26)27)14(10-15)11-32-20-18(24)7-6-17(23)19(20)21/h2-7,14-15H,8-11H2,1H3,(H,28,29)/t14-,15-,21+/m1/s1. The molecule has 0 aromatic heterocycles. The molecule has 1 fully saturated rings. The van der Waals surface area contributed by atoms with Crippen LogP contribution in [0.4, 0.5) is 22.0 Å². The fourth-order valence-electron chi connectivity index (χ4n) is 4.97. The highest BCUT2D eigenvalue weighted by atomic mass is 32.2. The Morgan fingerprint density at radius 1 is 1.09 bits per heavy atom. The number of nitrogens with one attached hydrogen (secondary N) is 1. The Balaban J connectivity index is 1.90. The predicted octanol–water partition coefficient (Wildman–Crippen LogP) is 4.35. The van der Waals surface area contributed by atoms with Gasteiger partial charge in [0.25, 0.3) is 0 Å². The molecule has 178 valence electrons. The van der Waals surface area contributed by atoms with E-state index in [-0.39, 0.29) is 31.8 Å². The van der Waals surface area contributed by atoms with Gasteiger partial charge in [-0.2, -0.15) is 13.2 Å². The smallest absolute Gasteiger partial charge is 0.416 e. The van der Waals surface area contributed by atoms with Crippen molar-refractivity contribution in [2.24, 2.45) is 5.92 Å². The number of rotatable bonds is 3. The summed E-state index contributed by atoms with van der Waals surface area (Å²) in [4.78, 5) is 11.1. The van der Waals surface area contributed by atoms with Gasteiger partial charge in [-0.15, -0.1) is 0 Å². The van der Waals surface area contributed by atoms with Crippen LogP contribution in [0.15, 0.2) is 41.3 Å². The Morgan fingerprint density at radius 2 is 1.73 bits per heavy atom. The van der Waals surface area contributed by atoms with Crippen molar-refractivity contribution in [1.82, 2.24) is 5.32 Å². The largest absolute Gasteiger partial charge is 0.490 e. The van der Waals surface area contributed by atoms with E-state index in [0.29, 0.717) is 12.1 Å². The van der Waals surface area contributed by atoms with Crippen molar-refractivity contribution in [3.8, 4) is 5.75 Å². The maximum Gasteiger partial charge on any atom is 0.416 e. The van der Waals surface area contributed by atoms with Gasteiger partial charge in [0.2, 0.25) is 5.91 Å². The van der Waals surface area contributed by atoms with Crippen molar-refractivity contribution in [2.75, 3.05) is 6.61 Å². The summed E-state index contributed by atoms with van der Waals surface area (Å²) < 4.78 is 100.0. The number of hydrogen-bond acceptors (Lipinski definition) is 4. The molecule has 1 heterocycles. The summed E-state index contributed by atoms with van der Waals surface area (Å²) in [5.74, 6) is -3.63. The molecule has 0 bridgehead atoms. The summed E-state index contributed by atoms with van der Waals surface area (Å²) >= 11 is 0. The van der Waals surface area contributed by atoms with Crippen molar-refractivity contribution in [3.63, 3.8) is 0 Å². The third-order valence-electron chi connectivity index (χ3n) is 6.38. The van der Waals surface area contributed by atoms with Gasteiger partial charge in [-0.25, -0.2) is 17.2 Å². The van der Waals surface area contributed by atoms with Gasteiger partial charge in [-0.1, -0.05) is 0 Å². The van der Waals surface area contributed by atoms with Crippen molar-refractivity contribution in [3.05, 3.63) is 59.2 Å². The van der Waals surface area contributed by atoms with Gasteiger partial charge in [0, 0.05) is 18.9 Å². The number of sulfone groups is 1. The molecule has 1 saturated carbocycles. The summed E-state index contributed by atoms with van der Waals surface area (Å²) in [6.07, 6.45) is -4.59. The van der Waals surface area contributed by atoms with E-state index in [2.05, 4.69) is 5.32 Å². The highest BCUT2D eigenvalue weighted by Gasteiger charge is 2.59. The van der Waals surface area contributed by atoms with Crippen LogP contribution in [-0.4, -0.2) is 27.0 Å². The van der Waals surface area contributed by atoms with Crippen LogP contribution in [-0.2, 0) is 25.6 Å². The number of hydrogen-bond donors (Lipinski definition) is 1. The molecule has 3 atom stereocenters. The zero-order chi connectivity index (χ0) is 24.2. The zero-order valence-corrected chi connectivity index (χ0v) is 18.2. The van der Waals surface area contributed by atoms with Gasteiger partial charge >= 0.3 is 6.18 Å². The number of carbonyl (C=O) groups excluding carboxylic acids is 1. The Hall–Kier alpha value is -2.69. The molecule has 2 aliphatic rings. The third kappa shape index (κ3) is 3.75. The van der Waals surface area contributed by atoms with E-state index < -0.39 is 66.1 Å². The van der Waals surface area contributed by atoms with Gasteiger partial charge in [-0.3, -0.25) is 4.79 Å². The Kier molecular flexibility index (Phi) is 5.66. The first kappa shape index (κ1) is 23.5. The lowest BCUT2D eigenvalue weighted by Gasteiger charge is -2.49. The first-order chi connectivity index (χ1) is 15.4. The zero-order valence-electron chi connectivity index (χ0n) is 17.4. The third-order valence-corrected chi connectivity index (χ3v) is 8.98. The topological polar surface area (TPSA) is 72.5 Å². The van der Waals surface area contributed by atoms with Crippen molar-refractivity contribution < 1.29 is 39.9 Å². The minimum atomic E-state index is -4.67. The van der Waals surface area contributed by atoms with E-state index >= 15 is 4.39 Å². The molecule has 5 nitrogen and oxygen atoms in total. The quantitative estimate of drug-likeness (QED) is 0.651. The second-order valence-corrected chi connectivity index (χ2v) is 10.5. The molecule has 0 radical (unpaired) electrons. The van der Waals surface area contributed by atoms with E-state index in [0.717, 1.165) is 24.3 Å². The monoisotopic (exact) mass is 489 g/mol. The lowest BCUT2D eigenvalue weighted by molar-refractivity contribution is -0.137. The summed E-state index contributed by atoms with van der Waals surface area (Å²) in [7, 11) is -4.52. The molecule has 1 N–H and O–H groups in total. The van der Waals surface area contributed by atoms with E-state index in [1.165, 1.54) is 6.92 Å². The minimum absolute atomic E-state index is 0.106. The minimum Gasteiger partial charge on any atom is -0.490 e. The number of ether oxygens (including phenoxy) is 1. The highest BCUT2D eigenvalue weighted by Crippen LogP contribution is 2.56. The highest BCUT2D eigenvalue weighted by molar-refractivity contribution is 7.92. The van der Waals surface area contributed by atoms with Crippen LogP contribution in [0.1, 0.15) is 37.3 Å². The molecule has 1 aliphatic carbocycles. The molecule has 0 unspecified atom stereocenters. The molecule has 1 amide bonds. The van der Waals surface area contributed by atoms with Gasteiger partial charge < -0.3 is 10.1 Å². The SMILES string of the molecule is CC(=O)N[C@@H]1CC[C@@]2(S(=O)(=O)c3ccc(C(F)(F)F)cc3)c3c(F)ccc(F)c3OC[C@H]2C1. The number of benzene rings is 2. The molecular formula is C22H20F5NO4S. The first-order valence-electron chi connectivity index (χ1n) is 10.2. The molecule has 2 aromatic rings. The lowest BCUT2D eigenvalue weighted by Crippen LogP contribution is -2.55. The molecule has 1 aliphatic heterocycles. The van der Waals surface area contributed by atoms with Gasteiger partial charge in [-0.05, 0) is 55.7 Å². The van der Waals surface area contributed by atoms with Crippen LogP contribution >= 0.6 is 0 Å². The maximum absolute atomic E-state index is 15.1.